The molecule has 2 heteroatoms. The Hall–Kier alpha value is -0.470. The molecule has 1 saturated heterocycles. The summed E-state index contributed by atoms with van der Waals surface area (Å²) in [4.78, 5) is 0. The summed E-state index contributed by atoms with van der Waals surface area (Å²) >= 11 is 2.11. The molecule has 0 radical (unpaired) electrons. The van der Waals surface area contributed by atoms with Gasteiger partial charge in [0.05, 0.1) is 0 Å². The average Bonchev–Trinajstić information content (AvgIpc) is 2.36. The first-order chi connectivity index (χ1) is 8.69. The maximum Gasteiger partial charge on any atom is 0.0320 e. The molecule has 1 atom stereocenters. The smallest absolute Gasteiger partial charge is 0.0320 e. The van der Waals surface area contributed by atoms with Gasteiger partial charge in [0.1, 0.15) is 0 Å². The van der Waals surface area contributed by atoms with Crippen molar-refractivity contribution in [3.8, 4) is 0 Å². The summed E-state index contributed by atoms with van der Waals surface area (Å²) in [6.45, 7) is 4.39. The van der Waals surface area contributed by atoms with Gasteiger partial charge in [-0.1, -0.05) is 29.3 Å². The Kier molecular flexibility index (Phi) is 5.13. The largest absolute Gasteiger partial charge is 0.313 e. The lowest BCUT2D eigenvalue weighted by Gasteiger charge is -2.27. The van der Waals surface area contributed by atoms with E-state index in [4.69, 9.17) is 0 Å². The van der Waals surface area contributed by atoms with Gasteiger partial charge in [-0.05, 0) is 63.1 Å². The van der Waals surface area contributed by atoms with E-state index >= 15 is 0 Å². The van der Waals surface area contributed by atoms with Crippen molar-refractivity contribution in [2.45, 2.75) is 39.2 Å². The van der Waals surface area contributed by atoms with Gasteiger partial charge in [-0.2, -0.15) is 11.8 Å². The number of hydrogen-bond acceptors (Lipinski definition) is 2. The minimum Gasteiger partial charge on any atom is -0.313 e. The van der Waals surface area contributed by atoms with Gasteiger partial charge in [0, 0.05) is 6.04 Å². The van der Waals surface area contributed by atoms with Crippen LogP contribution in [0.15, 0.2) is 18.2 Å². The highest BCUT2D eigenvalue weighted by atomic mass is 32.2. The van der Waals surface area contributed by atoms with Crippen LogP contribution < -0.4 is 5.32 Å². The van der Waals surface area contributed by atoms with Crippen molar-refractivity contribution >= 4 is 11.8 Å². The van der Waals surface area contributed by atoms with Crippen molar-refractivity contribution in [2.24, 2.45) is 5.92 Å². The minimum absolute atomic E-state index is 0.525. The van der Waals surface area contributed by atoms with E-state index < -0.39 is 0 Å². The number of nitrogens with one attached hydrogen (secondary N) is 1. The lowest BCUT2D eigenvalue weighted by molar-refractivity contribution is 0.384. The maximum absolute atomic E-state index is 3.51. The molecule has 1 aliphatic heterocycles. The first-order valence-electron chi connectivity index (χ1n) is 7.02. The van der Waals surface area contributed by atoms with E-state index in [1.54, 1.807) is 0 Å². The second-order valence-corrected chi connectivity index (χ2v) is 6.78. The summed E-state index contributed by atoms with van der Waals surface area (Å²) in [5.74, 6) is 3.62. The van der Waals surface area contributed by atoms with E-state index in [0.717, 1.165) is 5.92 Å². The molecular weight excluding hydrogens is 238 g/mol. The second-order valence-electron chi connectivity index (χ2n) is 5.55. The molecule has 0 saturated carbocycles. The van der Waals surface area contributed by atoms with Crippen LogP contribution >= 0.6 is 11.8 Å². The summed E-state index contributed by atoms with van der Waals surface area (Å²) in [5, 5.41) is 3.51. The molecule has 18 heavy (non-hydrogen) atoms. The summed E-state index contributed by atoms with van der Waals surface area (Å²) in [6.07, 6.45) is 4.08. The van der Waals surface area contributed by atoms with E-state index in [1.807, 2.05) is 0 Å². The Balaban J connectivity index is 2.06. The van der Waals surface area contributed by atoms with Gasteiger partial charge in [-0.15, -0.1) is 0 Å². The Morgan fingerprint density at radius 1 is 1.17 bits per heavy atom. The predicted octanol–water partition coefficient (Wildman–Crippen LogP) is 4.10. The number of thioether (sulfide) groups is 1. The highest BCUT2D eigenvalue weighted by Gasteiger charge is 2.19. The van der Waals surface area contributed by atoms with E-state index in [2.05, 4.69) is 56.2 Å². The van der Waals surface area contributed by atoms with E-state index in [9.17, 15) is 0 Å². The van der Waals surface area contributed by atoms with Gasteiger partial charge >= 0.3 is 0 Å². The van der Waals surface area contributed by atoms with Crippen LogP contribution in [0.5, 0.6) is 0 Å². The molecule has 1 unspecified atom stereocenters. The molecular formula is C16H25NS. The van der Waals surface area contributed by atoms with Crippen molar-refractivity contribution in [3.05, 3.63) is 34.9 Å². The van der Waals surface area contributed by atoms with Crippen LogP contribution in [0.4, 0.5) is 0 Å². The summed E-state index contributed by atoms with van der Waals surface area (Å²) in [5.41, 5.74) is 4.22. The Bertz CT molecular complexity index is 362. The van der Waals surface area contributed by atoms with Gasteiger partial charge < -0.3 is 5.32 Å². The van der Waals surface area contributed by atoms with Crippen molar-refractivity contribution in [2.75, 3.05) is 18.6 Å². The quantitative estimate of drug-likeness (QED) is 0.878. The molecule has 1 aromatic carbocycles. The SMILES string of the molecule is CNC(CC1CCSCC1)c1cc(C)cc(C)c1. The highest BCUT2D eigenvalue weighted by Crippen LogP contribution is 2.31. The Morgan fingerprint density at radius 2 is 1.78 bits per heavy atom. The van der Waals surface area contributed by atoms with Crippen molar-refractivity contribution < 1.29 is 0 Å². The fourth-order valence-corrected chi connectivity index (χ4v) is 4.15. The van der Waals surface area contributed by atoms with Crippen molar-refractivity contribution in [1.29, 1.82) is 0 Å². The van der Waals surface area contributed by atoms with Crippen LogP contribution in [0, 0.1) is 19.8 Å². The van der Waals surface area contributed by atoms with Crippen LogP contribution in [0.2, 0.25) is 0 Å². The third kappa shape index (κ3) is 3.76. The molecule has 100 valence electrons. The zero-order valence-corrected chi connectivity index (χ0v) is 12.6. The van der Waals surface area contributed by atoms with Crippen molar-refractivity contribution in [3.63, 3.8) is 0 Å². The van der Waals surface area contributed by atoms with E-state index in [0.29, 0.717) is 6.04 Å². The van der Waals surface area contributed by atoms with E-state index in [-0.39, 0.29) is 0 Å². The molecule has 0 bridgehead atoms. The number of rotatable bonds is 4. The molecule has 1 aliphatic rings. The fraction of sp³-hybridized carbons (Fsp3) is 0.625. The van der Waals surface area contributed by atoms with Crippen LogP contribution in [-0.2, 0) is 0 Å². The lowest BCUT2D eigenvalue weighted by atomic mass is 9.90. The van der Waals surface area contributed by atoms with Crippen LogP contribution in [0.3, 0.4) is 0 Å². The Labute approximate surface area is 116 Å². The molecule has 1 N–H and O–H groups in total. The summed E-state index contributed by atoms with van der Waals surface area (Å²) in [7, 11) is 2.10. The van der Waals surface area contributed by atoms with Crippen LogP contribution in [-0.4, -0.2) is 18.6 Å². The lowest BCUT2D eigenvalue weighted by Crippen LogP contribution is -2.22. The van der Waals surface area contributed by atoms with Gasteiger partial charge in [-0.25, -0.2) is 0 Å². The molecule has 0 spiro atoms. The maximum atomic E-state index is 3.51. The molecule has 2 rings (SSSR count). The molecule has 1 nitrogen and oxygen atoms in total. The number of aryl methyl sites for hydroxylation is 2. The first-order valence-corrected chi connectivity index (χ1v) is 8.17. The van der Waals surface area contributed by atoms with Gasteiger partial charge in [-0.3, -0.25) is 0 Å². The summed E-state index contributed by atoms with van der Waals surface area (Å²) in [6, 6.07) is 7.46. The molecule has 0 aromatic heterocycles. The fourth-order valence-electron chi connectivity index (χ4n) is 2.95. The van der Waals surface area contributed by atoms with Crippen LogP contribution in [0.25, 0.3) is 0 Å². The zero-order chi connectivity index (χ0) is 13.0. The third-order valence-corrected chi connectivity index (χ3v) is 4.95. The van der Waals surface area contributed by atoms with E-state index in [1.165, 1.54) is 47.5 Å². The number of hydrogen-bond donors (Lipinski definition) is 1. The predicted molar refractivity (Wildman–Crippen MR) is 82.4 cm³/mol. The highest BCUT2D eigenvalue weighted by molar-refractivity contribution is 7.99. The van der Waals surface area contributed by atoms with Gasteiger partial charge in [0.2, 0.25) is 0 Å². The molecule has 0 aliphatic carbocycles. The number of benzene rings is 1. The van der Waals surface area contributed by atoms with Crippen LogP contribution in [0.1, 0.15) is 42.0 Å². The topological polar surface area (TPSA) is 12.0 Å². The zero-order valence-electron chi connectivity index (χ0n) is 11.8. The van der Waals surface area contributed by atoms with Crippen molar-refractivity contribution in [1.82, 2.24) is 5.32 Å². The average molecular weight is 263 g/mol. The molecule has 0 amide bonds. The molecule has 1 aromatic rings. The van der Waals surface area contributed by atoms with Gasteiger partial charge in [0.15, 0.2) is 0 Å². The van der Waals surface area contributed by atoms with Gasteiger partial charge in [0.25, 0.3) is 0 Å². The normalized spacial score (nSPS) is 18.8. The standard InChI is InChI=1S/C16H25NS/c1-12-8-13(2)10-15(9-12)16(17-3)11-14-4-6-18-7-5-14/h8-10,14,16-17H,4-7,11H2,1-3H3. The third-order valence-electron chi connectivity index (χ3n) is 3.90. The summed E-state index contributed by atoms with van der Waals surface area (Å²) < 4.78 is 0. The molecule has 1 heterocycles. The first kappa shape index (κ1) is 14.0. The Morgan fingerprint density at radius 3 is 2.33 bits per heavy atom. The second kappa shape index (κ2) is 6.63. The monoisotopic (exact) mass is 263 g/mol. The molecule has 1 fully saturated rings. The minimum atomic E-state index is 0.525.